The summed E-state index contributed by atoms with van der Waals surface area (Å²) in [6.07, 6.45) is 1.35. The maximum absolute atomic E-state index is 12.5. The van der Waals surface area contributed by atoms with Crippen LogP contribution in [-0.4, -0.2) is 22.3 Å². The van der Waals surface area contributed by atoms with Gasteiger partial charge in [-0.05, 0) is 36.4 Å². The van der Waals surface area contributed by atoms with Crippen molar-refractivity contribution in [3.8, 4) is 17.5 Å². The first-order chi connectivity index (χ1) is 13.0. The van der Waals surface area contributed by atoms with Crippen molar-refractivity contribution in [2.24, 2.45) is 0 Å². The highest BCUT2D eigenvalue weighted by molar-refractivity contribution is 6.06. The Morgan fingerprint density at radius 1 is 1.22 bits per heavy atom. The Balaban J connectivity index is 1.78. The molecular formula is C18H13F2N5O2. The summed E-state index contributed by atoms with van der Waals surface area (Å²) in [6, 6.07) is 14.1. The molecule has 0 fully saturated rings. The van der Waals surface area contributed by atoms with Crippen molar-refractivity contribution in [1.29, 1.82) is 5.26 Å². The fourth-order valence-electron chi connectivity index (χ4n) is 2.39. The number of nitrogens with zero attached hydrogens (tertiary/aromatic N) is 3. The average Bonchev–Trinajstić information content (AvgIpc) is 3.03. The third-order valence-corrected chi connectivity index (χ3v) is 3.64. The zero-order chi connectivity index (χ0) is 19.4. The van der Waals surface area contributed by atoms with E-state index in [0.717, 1.165) is 0 Å². The van der Waals surface area contributed by atoms with Gasteiger partial charge in [0.1, 0.15) is 23.2 Å². The lowest BCUT2D eigenvalue weighted by Gasteiger charge is -2.11. The van der Waals surface area contributed by atoms with Gasteiger partial charge in [-0.25, -0.2) is 4.68 Å². The van der Waals surface area contributed by atoms with Crippen LogP contribution >= 0.6 is 0 Å². The van der Waals surface area contributed by atoms with Gasteiger partial charge in [-0.2, -0.15) is 19.1 Å². The van der Waals surface area contributed by atoms with Crippen molar-refractivity contribution in [3.05, 3.63) is 65.9 Å². The fraction of sp³-hybridized carbons (Fsp3) is 0.0556. The van der Waals surface area contributed by atoms with Crippen molar-refractivity contribution in [2.75, 3.05) is 11.1 Å². The van der Waals surface area contributed by atoms with E-state index in [0.29, 0.717) is 11.4 Å². The highest BCUT2D eigenvalue weighted by Gasteiger charge is 2.15. The van der Waals surface area contributed by atoms with Crippen LogP contribution in [0.3, 0.4) is 0 Å². The molecule has 0 atom stereocenters. The van der Waals surface area contributed by atoms with Gasteiger partial charge >= 0.3 is 6.61 Å². The van der Waals surface area contributed by atoms with Crippen molar-refractivity contribution < 1.29 is 18.3 Å². The minimum absolute atomic E-state index is 0.0168. The molecule has 3 aromatic rings. The second-order valence-electron chi connectivity index (χ2n) is 5.34. The van der Waals surface area contributed by atoms with Crippen LogP contribution in [0, 0.1) is 11.3 Å². The summed E-state index contributed by atoms with van der Waals surface area (Å²) in [4.78, 5) is 12.4. The third kappa shape index (κ3) is 3.85. The molecule has 0 saturated heterocycles. The standard InChI is InChI=1S/C18H13F2N5O2/c19-18(20)27-15-4-2-1-3-14(15)17(26)24-12-5-7-13(8-6-12)25-16(22)11(9-21)10-23-25/h1-8,10,18H,22H2,(H,24,26). The number of aromatic nitrogens is 2. The van der Waals surface area contributed by atoms with Crippen LogP contribution in [0.25, 0.3) is 5.69 Å². The molecule has 0 unspecified atom stereocenters. The molecule has 27 heavy (non-hydrogen) atoms. The molecule has 9 heteroatoms. The number of carbonyl (C=O) groups excluding carboxylic acids is 1. The second-order valence-corrected chi connectivity index (χ2v) is 5.34. The molecular weight excluding hydrogens is 356 g/mol. The summed E-state index contributed by atoms with van der Waals surface area (Å²) in [6.45, 7) is -3.03. The summed E-state index contributed by atoms with van der Waals surface area (Å²) in [5.74, 6) is -0.605. The van der Waals surface area contributed by atoms with Gasteiger partial charge in [0.15, 0.2) is 0 Å². The van der Waals surface area contributed by atoms with E-state index < -0.39 is 12.5 Å². The first-order valence-electron chi connectivity index (χ1n) is 7.69. The molecule has 0 saturated carbocycles. The molecule has 2 aromatic carbocycles. The van der Waals surface area contributed by atoms with Crippen LogP contribution in [0.5, 0.6) is 5.75 Å². The molecule has 7 nitrogen and oxygen atoms in total. The van der Waals surface area contributed by atoms with Gasteiger partial charge < -0.3 is 15.8 Å². The average molecular weight is 369 g/mol. The number of nitrogens with one attached hydrogen (secondary N) is 1. The van der Waals surface area contributed by atoms with Crippen molar-refractivity contribution in [1.82, 2.24) is 9.78 Å². The topological polar surface area (TPSA) is 106 Å². The van der Waals surface area contributed by atoms with Gasteiger partial charge in [-0.3, -0.25) is 4.79 Å². The number of anilines is 2. The highest BCUT2D eigenvalue weighted by Crippen LogP contribution is 2.23. The van der Waals surface area contributed by atoms with Crippen LogP contribution in [0.2, 0.25) is 0 Å². The van der Waals surface area contributed by atoms with Gasteiger partial charge in [0.2, 0.25) is 0 Å². The number of nitrogen functional groups attached to an aromatic ring is 1. The van der Waals surface area contributed by atoms with Crippen molar-refractivity contribution in [3.63, 3.8) is 0 Å². The number of ether oxygens (including phenoxy) is 1. The number of hydrogen-bond acceptors (Lipinski definition) is 5. The van der Waals surface area contributed by atoms with E-state index in [-0.39, 0.29) is 22.7 Å². The fourth-order valence-corrected chi connectivity index (χ4v) is 2.39. The van der Waals surface area contributed by atoms with Gasteiger partial charge in [0, 0.05) is 5.69 Å². The maximum atomic E-state index is 12.5. The molecule has 1 heterocycles. The molecule has 0 bridgehead atoms. The maximum Gasteiger partial charge on any atom is 0.387 e. The number of amides is 1. The monoisotopic (exact) mass is 369 g/mol. The van der Waals surface area contributed by atoms with Crippen LogP contribution in [-0.2, 0) is 0 Å². The Hall–Kier alpha value is -3.93. The molecule has 136 valence electrons. The molecule has 0 aliphatic carbocycles. The normalized spacial score (nSPS) is 10.4. The lowest BCUT2D eigenvalue weighted by atomic mass is 10.2. The minimum Gasteiger partial charge on any atom is -0.434 e. The van der Waals surface area contributed by atoms with Crippen LogP contribution in [0.4, 0.5) is 20.3 Å². The summed E-state index contributed by atoms with van der Waals surface area (Å²) >= 11 is 0. The smallest absolute Gasteiger partial charge is 0.387 e. The molecule has 1 amide bonds. The predicted octanol–water partition coefficient (Wildman–Crippen LogP) is 3.18. The SMILES string of the molecule is N#Cc1cnn(-c2ccc(NC(=O)c3ccccc3OC(F)F)cc2)c1N. The van der Waals surface area contributed by atoms with E-state index in [4.69, 9.17) is 11.0 Å². The van der Waals surface area contributed by atoms with Gasteiger partial charge in [-0.1, -0.05) is 12.1 Å². The number of alkyl halides is 2. The van der Waals surface area contributed by atoms with E-state index in [1.165, 1.54) is 29.1 Å². The number of rotatable bonds is 5. The van der Waals surface area contributed by atoms with Crippen LogP contribution in [0.1, 0.15) is 15.9 Å². The first-order valence-corrected chi connectivity index (χ1v) is 7.69. The Morgan fingerprint density at radius 2 is 1.93 bits per heavy atom. The van der Waals surface area contributed by atoms with Gasteiger partial charge in [0.05, 0.1) is 17.4 Å². The molecule has 3 N–H and O–H groups in total. The Labute approximate surface area is 152 Å². The van der Waals surface area contributed by atoms with E-state index in [9.17, 15) is 13.6 Å². The van der Waals surface area contributed by atoms with Crippen molar-refractivity contribution in [2.45, 2.75) is 6.61 Å². The van der Waals surface area contributed by atoms with Crippen molar-refractivity contribution >= 4 is 17.4 Å². The number of nitriles is 1. The van der Waals surface area contributed by atoms with E-state index in [2.05, 4.69) is 15.2 Å². The Bertz CT molecular complexity index is 1010. The third-order valence-electron chi connectivity index (χ3n) is 3.64. The molecule has 3 rings (SSSR count). The van der Waals surface area contributed by atoms with Gasteiger partial charge in [-0.15, -0.1) is 0 Å². The van der Waals surface area contributed by atoms with E-state index in [1.807, 2.05) is 6.07 Å². The number of carbonyl (C=O) groups is 1. The quantitative estimate of drug-likeness (QED) is 0.718. The van der Waals surface area contributed by atoms with Crippen LogP contribution < -0.4 is 15.8 Å². The zero-order valence-electron chi connectivity index (χ0n) is 13.8. The number of benzene rings is 2. The summed E-state index contributed by atoms with van der Waals surface area (Å²) in [5.41, 5.74) is 7.09. The first kappa shape index (κ1) is 17.9. The molecule has 0 spiro atoms. The van der Waals surface area contributed by atoms with Crippen LogP contribution in [0.15, 0.2) is 54.7 Å². The predicted molar refractivity (Wildman–Crippen MR) is 93.7 cm³/mol. The lowest BCUT2D eigenvalue weighted by Crippen LogP contribution is -2.15. The Morgan fingerprint density at radius 3 is 2.56 bits per heavy atom. The van der Waals surface area contributed by atoms with E-state index >= 15 is 0 Å². The Kier molecular flexibility index (Phi) is 4.99. The molecule has 0 radical (unpaired) electrons. The molecule has 0 aliphatic heterocycles. The summed E-state index contributed by atoms with van der Waals surface area (Å²) in [5, 5.41) is 15.6. The summed E-state index contributed by atoms with van der Waals surface area (Å²) in [7, 11) is 0. The number of nitrogens with two attached hydrogens (primary N) is 1. The number of hydrogen-bond donors (Lipinski definition) is 2. The molecule has 1 aromatic heterocycles. The largest absolute Gasteiger partial charge is 0.434 e. The van der Waals surface area contributed by atoms with E-state index in [1.54, 1.807) is 30.3 Å². The lowest BCUT2D eigenvalue weighted by molar-refractivity contribution is -0.0501. The second kappa shape index (κ2) is 7.53. The zero-order valence-corrected chi connectivity index (χ0v) is 13.8. The number of para-hydroxylation sites is 1. The number of halogens is 2. The van der Waals surface area contributed by atoms with Gasteiger partial charge in [0.25, 0.3) is 5.91 Å². The highest BCUT2D eigenvalue weighted by atomic mass is 19.3. The summed E-state index contributed by atoms with van der Waals surface area (Å²) < 4.78 is 30.7. The molecule has 0 aliphatic rings. The minimum atomic E-state index is -3.03.